The molecule has 0 radical (unpaired) electrons. The van der Waals surface area contributed by atoms with Crippen LogP contribution in [0.15, 0.2) is 35.7 Å². The molecule has 0 fully saturated rings. The molecule has 2 heterocycles. The highest BCUT2D eigenvalue weighted by atomic mass is 35.5. The first-order chi connectivity index (χ1) is 9.74. The molecule has 0 aliphatic heterocycles. The number of rotatable bonds is 5. The molecule has 0 saturated carbocycles. The zero-order chi connectivity index (χ0) is 13.9. The molecule has 0 spiro atoms. The van der Waals surface area contributed by atoms with Crippen LogP contribution in [0.2, 0.25) is 5.02 Å². The van der Waals surface area contributed by atoms with E-state index in [0.717, 1.165) is 24.5 Å². The summed E-state index contributed by atoms with van der Waals surface area (Å²) in [5.74, 6) is 0. The Kier molecular flexibility index (Phi) is 4.10. The molecule has 0 unspecified atom stereocenters. The van der Waals surface area contributed by atoms with Crippen LogP contribution in [0, 0.1) is 6.92 Å². The van der Waals surface area contributed by atoms with Crippen molar-refractivity contribution in [3.8, 4) is 0 Å². The smallest absolute Gasteiger partial charge is 0.0459 e. The van der Waals surface area contributed by atoms with E-state index in [0.29, 0.717) is 0 Å². The lowest BCUT2D eigenvalue weighted by Gasteiger charge is -2.04. The van der Waals surface area contributed by atoms with Gasteiger partial charge in [0.1, 0.15) is 0 Å². The molecule has 0 bridgehead atoms. The van der Waals surface area contributed by atoms with Crippen LogP contribution in [0.25, 0.3) is 10.9 Å². The molecule has 0 aliphatic rings. The summed E-state index contributed by atoms with van der Waals surface area (Å²) in [7, 11) is 0. The number of hydrogen-bond donors (Lipinski definition) is 2. The number of aromatic nitrogens is 1. The highest BCUT2D eigenvalue weighted by molar-refractivity contribution is 7.09. The minimum Gasteiger partial charge on any atom is -0.358 e. The van der Waals surface area contributed by atoms with E-state index in [9.17, 15) is 0 Å². The molecule has 0 atom stereocenters. The van der Waals surface area contributed by atoms with E-state index in [1.165, 1.54) is 27.0 Å². The molecular formula is C16H17ClN2S. The Morgan fingerprint density at radius 3 is 3.00 bits per heavy atom. The van der Waals surface area contributed by atoms with Crippen LogP contribution in [-0.4, -0.2) is 11.5 Å². The van der Waals surface area contributed by atoms with Crippen LogP contribution in [0.1, 0.15) is 16.1 Å². The Balaban J connectivity index is 1.67. The Morgan fingerprint density at radius 2 is 2.20 bits per heavy atom. The number of fused-ring (bicyclic) bond motifs is 1. The maximum absolute atomic E-state index is 6.10. The minimum absolute atomic E-state index is 0.796. The van der Waals surface area contributed by atoms with Gasteiger partial charge in [0.2, 0.25) is 0 Å². The summed E-state index contributed by atoms with van der Waals surface area (Å²) < 4.78 is 0. The molecule has 104 valence electrons. The van der Waals surface area contributed by atoms with Crippen LogP contribution in [0.5, 0.6) is 0 Å². The third-order valence-electron chi connectivity index (χ3n) is 3.51. The van der Waals surface area contributed by atoms with Gasteiger partial charge in [-0.05, 0) is 55.1 Å². The molecule has 3 aromatic rings. The quantitative estimate of drug-likeness (QED) is 0.666. The van der Waals surface area contributed by atoms with Crippen molar-refractivity contribution in [3.05, 3.63) is 56.9 Å². The highest BCUT2D eigenvalue weighted by Crippen LogP contribution is 2.25. The SMILES string of the molecule is Cc1[nH]c2ccc(Cl)cc2c1CCNCc1cccs1. The monoisotopic (exact) mass is 304 g/mol. The number of hydrogen-bond acceptors (Lipinski definition) is 2. The van der Waals surface area contributed by atoms with Gasteiger partial charge in [-0.15, -0.1) is 11.3 Å². The van der Waals surface area contributed by atoms with Gasteiger partial charge >= 0.3 is 0 Å². The maximum atomic E-state index is 6.10. The van der Waals surface area contributed by atoms with Crippen molar-refractivity contribution in [1.29, 1.82) is 0 Å². The van der Waals surface area contributed by atoms with Crippen LogP contribution in [-0.2, 0) is 13.0 Å². The summed E-state index contributed by atoms with van der Waals surface area (Å²) in [6.07, 6.45) is 1.01. The summed E-state index contributed by atoms with van der Waals surface area (Å²) >= 11 is 7.89. The summed E-state index contributed by atoms with van der Waals surface area (Å²) in [6, 6.07) is 10.3. The summed E-state index contributed by atoms with van der Waals surface area (Å²) in [5.41, 5.74) is 3.77. The average molecular weight is 305 g/mol. The Bertz CT molecular complexity index is 701. The Morgan fingerprint density at radius 1 is 1.30 bits per heavy atom. The molecule has 4 heteroatoms. The van der Waals surface area contributed by atoms with Crippen molar-refractivity contribution < 1.29 is 0 Å². The van der Waals surface area contributed by atoms with Crippen molar-refractivity contribution in [1.82, 2.24) is 10.3 Å². The van der Waals surface area contributed by atoms with Crippen LogP contribution in [0.4, 0.5) is 0 Å². The molecule has 3 rings (SSSR count). The van der Waals surface area contributed by atoms with Gasteiger partial charge in [0.25, 0.3) is 0 Å². The van der Waals surface area contributed by atoms with Crippen molar-refractivity contribution in [3.63, 3.8) is 0 Å². The first-order valence-electron chi connectivity index (χ1n) is 6.74. The topological polar surface area (TPSA) is 27.8 Å². The van der Waals surface area contributed by atoms with Crippen LogP contribution >= 0.6 is 22.9 Å². The van der Waals surface area contributed by atoms with Crippen LogP contribution in [0.3, 0.4) is 0 Å². The number of benzene rings is 1. The normalized spacial score (nSPS) is 11.3. The van der Waals surface area contributed by atoms with Crippen molar-refractivity contribution >= 4 is 33.8 Å². The first-order valence-corrected chi connectivity index (χ1v) is 7.99. The van der Waals surface area contributed by atoms with E-state index in [-0.39, 0.29) is 0 Å². The van der Waals surface area contributed by atoms with Gasteiger partial charge in [-0.25, -0.2) is 0 Å². The van der Waals surface area contributed by atoms with Gasteiger partial charge in [0.15, 0.2) is 0 Å². The molecular weight excluding hydrogens is 288 g/mol. The number of aryl methyl sites for hydroxylation is 1. The van der Waals surface area contributed by atoms with Crippen molar-refractivity contribution in [2.75, 3.05) is 6.54 Å². The molecule has 2 nitrogen and oxygen atoms in total. The molecule has 0 saturated heterocycles. The highest BCUT2D eigenvalue weighted by Gasteiger charge is 2.08. The number of aromatic amines is 1. The largest absolute Gasteiger partial charge is 0.358 e. The second-order valence-electron chi connectivity index (χ2n) is 4.92. The van der Waals surface area contributed by atoms with E-state index >= 15 is 0 Å². The fourth-order valence-corrected chi connectivity index (χ4v) is 3.36. The minimum atomic E-state index is 0.796. The summed E-state index contributed by atoms with van der Waals surface area (Å²) in [6.45, 7) is 4.04. The molecule has 20 heavy (non-hydrogen) atoms. The van der Waals surface area contributed by atoms with Crippen molar-refractivity contribution in [2.24, 2.45) is 0 Å². The predicted molar refractivity (Wildman–Crippen MR) is 87.8 cm³/mol. The van der Waals surface area contributed by atoms with E-state index in [1.54, 1.807) is 11.3 Å². The number of H-pyrrole nitrogens is 1. The maximum Gasteiger partial charge on any atom is 0.0459 e. The fraction of sp³-hybridized carbons (Fsp3) is 0.250. The number of thiophene rings is 1. The standard InChI is InChI=1S/C16H17ClN2S/c1-11-14(6-7-18-10-13-3-2-8-20-13)15-9-12(17)4-5-16(15)19-11/h2-5,8-9,18-19H,6-7,10H2,1H3. The van der Waals surface area contributed by atoms with Gasteiger partial charge in [0, 0.05) is 33.0 Å². The second kappa shape index (κ2) is 6.00. The van der Waals surface area contributed by atoms with E-state index < -0.39 is 0 Å². The zero-order valence-electron chi connectivity index (χ0n) is 11.4. The molecule has 2 N–H and O–H groups in total. The lowest BCUT2D eigenvalue weighted by atomic mass is 10.1. The summed E-state index contributed by atoms with van der Waals surface area (Å²) in [4.78, 5) is 4.80. The predicted octanol–water partition coefficient (Wildman–Crippen LogP) is 4.52. The average Bonchev–Trinajstić information content (AvgIpc) is 3.03. The molecule has 1 aromatic carbocycles. The van der Waals surface area contributed by atoms with Gasteiger partial charge in [-0.1, -0.05) is 17.7 Å². The first kappa shape index (κ1) is 13.7. The third-order valence-corrected chi connectivity index (χ3v) is 4.62. The van der Waals surface area contributed by atoms with E-state index in [4.69, 9.17) is 11.6 Å². The Labute approximate surface area is 127 Å². The van der Waals surface area contributed by atoms with Crippen LogP contribution < -0.4 is 5.32 Å². The van der Waals surface area contributed by atoms with Gasteiger partial charge in [-0.2, -0.15) is 0 Å². The molecule has 0 amide bonds. The number of halogens is 1. The van der Waals surface area contributed by atoms with Gasteiger partial charge in [0.05, 0.1) is 0 Å². The lowest BCUT2D eigenvalue weighted by Crippen LogP contribution is -2.16. The zero-order valence-corrected chi connectivity index (χ0v) is 12.9. The van der Waals surface area contributed by atoms with Gasteiger partial charge in [-0.3, -0.25) is 0 Å². The van der Waals surface area contributed by atoms with Gasteiger partial charge < -0.3 is 10.3 Å². The Hall–Kier alpha value is -1.29. The third kappa shape index (κ3) is 2.90. The second-order valence-corrected chi connectivity index (χ2v) is 6.39. The van der Waals surface area contributed by atoms with E-state index in [2.05, 4.69) is 40.8 Å². The molecule has 2 aromatic heterocycles. The number of nitrogens with one attached hydrogen (secondary N) is 2. The lowest BCUT2D eigenvalue weighted by molar-refractivity contribution is 0.693. The summed E-state index contributed by atoms with van der Waals surface area (Å²) in [5, 5.41) is 7.65. The van der Waals surface area contributed by atoms with E-state index in [1.807, 2.05) is 12.1 Å². The van der Waals surface area contributed by atoms with Crippen molar-refractivity contribution in [2.45, 2.75) is 19.9 Å². The molecule has 0 aliphatic carbocycles. The fourth-order valence-electron chi connectivity index (χ4n) is 2.51.